The number of alkyl halides is 3. The first-order valence-corrected chi connectivity index (χ1v) is 9.05. The van der Waals surface area contributed by atoms with Gasteiger partial charge in [-0.1, -0.05) is 12.1 Å². The van der Waals surface area contributed by atoms with Crippen molar-refractivity contribution in [2.45, 2.75) is 23.9 Å². The molecule has 0 saturated heterocycles. The first-order chi connectivity index (χ1) is 12.1. The first-order valence-electron chi connectivity index (χ1n) is 7.56. The van der Waals surface area contributed by atoms with Crippen LogP contribution in [0.15, 0.2) is 53.4 Å². The van der Waals surface area contributed by atoms with E-state index in [2.05, 4.69) is 5.32 Å². The molecule has 9 heteroatoms. The maximum absolute atomic E-state index is 12.5. The molecule has 0 bridgehead atoms. The molecule has 0 radical (unpaired) electrons. The zero-order valence-corrected chi connectivity index (χ0v) is 14.5. The molecule has 0 saturated carbocycles. The summed E-state index contributed by atoms with van der Waals surface area (Å²) in [5.41, 5.74) is -4.56. The Hall–Kier alpha value is -2.55. The maximum atomic E-state index is 12.5. The molecule has 1 N–H and O–H groups in total. The first kappa shape index (κ1) is 19.8. The highest BCUT2D eigenvalue weighted by atomic mass is 32.2. The molecule has 0 aliphatic carbocycles. The minimum Gasteiger partial charge on any atom is -0.494 e. The molecule has 26 heavy (non-hydrogen) atoms. The molecule has 0 heterocycles. The number of hydrogen-bond donors (Lipinski definition) is 1. The largest absolute Gasteiger partial charge is 0.501 e. The lowest BCUT2D eigenvalue weighted by Gasteiger charge is -2.10. The van der Waals surface area contributed by atoms with Gasteiger partial charge in [-0.15, -0.1) is 0 Å². The van der Waals surface area contributed by atoms with E-state index in [9.17, 15) is 26.4 Å². The summed E-state index contributed by atoms with van der Waals surface area (Å²) in [5, 5.41) is 2.61. The number of carbonyl (C=O) groups is 1. The van der Waals surface area contributed by atoms with Gasteiger partial charge in [-0.2, -0.15) is 13.2 Å². The fourth-order valence-corrected chi connectivity index (χ4v) is 2.88. The Morgan fingerprint density at radius 2 is 1.77 bits per heavy atom. The van der Waals surface area contributed by atoms with Crippen LogP contribution in [0.4, 0.5) is 13.2 Å². The van der Waals surface area contributed by atoms with Crippen LogP contribution in [0.5, 0.6) is 5.75 Å². The lowest BCUT2D eigenvalue weighted by molar-refractivity contribution is -0.0436. The van der Waals surface area contributed by atoms with E-state index in [1.165, 1.54) is 0 Å². The summed E-state index contributed by atoms with van der Waals surface area (Å²) in [6.07, 6.45) is 0. The predicted molar refractivity (Wildman–Crippen MR) is 88.5 cm³/mol. The van der Waals surface area contributed by atoms with Crippen LogP contribution in [0.3, 0.4) is 0 Å². The Kier molecular flexibility index (Phi) is 5.91. The second kappa shape index (κ2) is 7.77. The highest BCUT2D eigenvalue weighted by molar-refractivity contribution is 7.92. The zero-order valence-electron chi connectivity index (χ0n) is 13.7. The third kappa shape index (κ3) is 4.54. The molecule has 140 valence electrons. The van der Waals surface area contributed by atoms with E-state index in [0.29, 0.717) is 12.4 Å². The Morgan fingerprint density at radius 3 is 2.35 bits per heavy atom. The van der Waals surface area contributed by atoms with E-state index >= 15 is 0 Å². The van der Waals surface area contributed by atoms with Crippen molar-refractivity contribution in [3.05, 3.63) is 59.7 Å². The number of hydrogen-bond acceptors (Lipinski definition) is 4. The van der Waals surface area contributed by atoms with Crippen molar-refractivity contribution in [1.29, 1.82) is 0 Å². The summed E-state index contributed by atoms with van der Waals surface area (Å²) >= 11 is 0. The van der Waals surface area contributed by atoms with Gasteiger partial charge in [0.15, 0.2) is 0 Å². The fourth-order valence-electron chi connectivity index (χ4n) is 2.12. The standard InChI is InChI=1S/C17H16F3NO4S/c1-2-25-14-5-3-4-12(10-14)11-21-16(22)13-6-8-15(9-7-13)26(23,24)17(18,19)20/h3-10H,2,11H2,1H3,(H,21,22). The molecule has 0 atom stereocenters. The number of carbonyl (C=O) groups excluding carboxylic acids is 1. The van der Waals surface area contributed by atoms with E-state index in [1.54, 1.807) is 24.3 Å². The van der Waals surface area contributed by atoms with Crippen LogP contribution < -0.4 is 10.1 Å². The van der Waals surface area contributed by atoms with Crippen molar-refractivity contribution < 1.29 is 31.1 Å². The van der Waals surface area contributed by atoms with Crippen molar-refractivity contribution in [3.8, 4) is 5.75 Å². The minimum atomic E-state index is -5.43. The summed E-state index contributed by atoms with van der Waals surface area (Å²) in [5.74, 6) is 0.115. The van der Waals surface area contributed by atoms with E-state index in [0.717, 1.165) is 29.8 Å². The van der Waals surface area contributed by atoms with E-state index in [-0.39, 0.29) is 12.1 Å². The smallest absolute Gasteiger partial charge is 0.494 e. The summed E-state index contributed by atoms with van der Waals surface area (Å²) < 4.78 is 65.4. The average Bonchev–Trinajstić information content (AvgIpc) is 2.59. The van der Waals surface area contributed by atoms with E-state index in [1.807, 2.05) is 6.92 Å². The second-order valence-electron chi connectivity index (χ2n) is 5.24. The molecule has 0 aliphatic heterocycles. The molecule has 0 aromatic heterocycles. The van der Waals surface area contributed by atoms with Crippen LogP contribution in [0.1, 0.15) is 22.8 Å². The summed E-state index contributed by atoms with van der Waals surface area (Å²) in [6.45, 7) is 2.53. The van der Waals surface area contributed by atoms with E-state index in [4.69, 9.17) is 4.74 Å². The Bertz CT molecular complexity index is 878. The Labute approximate surface area is 148 Å². The number of halogens is 3. The SMILES string of the molecule is CCOc1cccc(CNC(=O)c2ccc(S(=O)(=O)C(F)(F)F)cc2)c1. The van der Waals surface area contributed by atoms with Crippen molar-refractivity contribution in [2.24, 2.45) is 0 Å². The van der Waals surface area contributed by atoms with Crippen LogP contribution >= 0.6 is 0 Å². The Morgan fingerprint density at radius 1 is 1.12 bits per heavy atom. The second-order valence-corrected chi connectivity index (χ2v) is 7.18. The van der Waals surface area contributed by atoms with Gasteiger partial charge in [-0.05, 0) is 48.9 Å². The van der Waals surface area contributed by atoms with Gasteiger partial charge < -0.3 is 10.1 Å². The number of sulfone groups is 1. The normalized spacial score (nSPS) is 11.8. The average molecular weight is 387 g/mol. The highest BCUT2D eigenvalue weighted by Crippen LogP contribution is 2.30. The maximum Gasteiger partial charge on any atom is 0.501 e. The van der Waals surface area contributed by atoms with Gasteiger partial charge in [0.25, 0.3) is 15.7 Å². The molecule has 0 unspecified atom stereocenters. The van der Waals surface area contributed by atoms with Gasteiger partial charge in [0.2, 0.25) is 0 Å². The van der Waals surface area contributed by atoms with Crippen molar-refractivity contribution in [1.82, 2.24) is 5.32 Å². The summed E-state index contributed by atoms with van der Waals surface area (Å²) in [4.78, 5) is 11.2. The lowest BCUT2D eigenvalue weighted by atomic mass is 10.2. The van der Waals surface area contributed by atoms with Gasteiger partial charge in [0.1, 0.15) is 5.75 Å². The number of nitrogens with one attached hydrogen (secondary N) is 1. The minimum absolute atomic E-state index is 0.0482. The predicted octanol–water partition coefficient (Wildman–Crippen LogP) is 3.31. The van der Waals surface area contributed by atoms with Crippen LogP contribution in [0.25, 0.3) is 0 Å². The molecular formula is C17H16F3NO4S. The van der Waals surface area contributed by atoms with Gasteiger partial charge >= 0.3 is 5.51 Å². The third-order valence-electron chi connectivity index (χ3n) is 3.39. The van der Waals surface area contributed by atoms with E-state index < -0.39 is 26.1 Å². The number of rotatable bonds is 6. The molecule has 0 aliphatic rings. The number of benzene rings is 2. The van der Waals surface area contributed by atoms with Gasteiger partial charge in [0, 0.05) is 12.1 Å². The number of ether oxygens (including phenoxy) is 1. The Balaban J connectivity index is 2.06. The zero-order chi connectivity index (χ0) is 19.4. The molecule has 0 spiro atoms. The lowest BCUT2D eigenvalue weighted by Crippen LogP contribution is -2.24. The third-order valence-corrected chi connectivity index (χ3v) is 4.90. The topological polar surface area (TPSA) is 72.5 Å². The van der Waals surface area contributed by atoms with Crippen LogP contribution in [-0.4, -0.2) is 26.4 Å². The summed E-state index contributed by atoms with van der Waals surface area (Å²) in [7, 11) is -5.43. The van der Waals surface area contributed by atoms with Crippen LogP contribution in [-0.2, 0) is 16.4 Å². The molecule has 2 aromatic rings. The molecule has 5 nitrogen and oxygen atoms in total. The van der Waals surface area contributed by atoms with Crippen molar-refractivity contribution in [3.63, 3.8) is 0 Å². The fraction of sp³-hybridized carbons (Fsp3) is 0.235. The van der Waals surface area contributed by atoms with Crippen LogP contribution in [0, 0.1) is 0 Å². The molecule has 2 aromatic carbocycles. The quantitative estimate of drug-likeness (QED) is 0.826. The molecular weight excluding hydrogens is 371 g/mol. The number of amides is 1. The summed E-state index contributed by atoms with van der Waals surface area (Å²) in [6, 6.07) is 10.7. The van der Waals surface area contributed by atoms with Gasteiger partial charge in [-0.3, -0.25) is 4.79 Å². The molecule has 1 amide bonds. The van der Waals surface area contributed by atoms with Gasteiger partial charge in [0.05, 0.1) is 11.5 Å². The molecule has 2 rings (SSSR count). The molecule has 0 fully saturated rings. The van der Waals surface area contributed by atoms with Crippen molar-refractivity contribution in [2.75, 3.05) is 6.61 Å². The van der Waals surface area contributed by atoms with Crippen molar-refractivity contribution >= 4 is 15.7 Å². The monoisotopic (exact) mass is 387 g/mol. The van der Waals surface area contributed by atoms with Crippen LogP contribution in [0.2, 0.25) is 0 Å². The highest BCUT2D eigenvalue weighted by Gasteiger charge is 2.46. The van der Waals surface area contributed by atoms with Gasteiger partial charge in [-0.25, -0.2) is 8.42 Å².